The van der Waals surface area contributed by atoms with Gasteiger partial charge in [0.2, 0.25) is 5.91 Å². The van der Waals surface area contributed by atoms with Gasteiger partial charge >= 0.3 is 0 Å². The molecular formula is C19H14F2N6O. The van der Waals surface area contributed by atoms with Gasteiger partial charge in [0.1, 0.15) is 17.2 Å². The van der Waals surface area contributed by atoms with Gasteiger partial charge in [0.05, 0.1) is 12.1 Å². The van der Waals surface area contributed by atoms with Crippen molar-refractivity contribution in [3.8, 4) is 11.4 Å². The number of primary amides is 1. The molecule has 0 spiro atoms. The van der Waals surface area contributed by atoms with Gasteiger partial charge in [-0.15, -0.1) is 0 Å². The summed E-state index contributed by atoms with van der Waals surface area (Å²) in [5, 5.41) is 13.9. The maximum atomic E-state index is 14.5. The average molecular weight is 380 g/mol. The number of carbonyl (C=O) groups is 1. The van der Waals surface area contributed by atoms with Crippen molar-refractivity contribution in [1.29, 1.82) is 0 Å². The van der Waals surface area contributed by atoms with Crippen molar-refractivity contribution in [2.45, 2.75) is 6.42 Å². The molecule has 0 unspecified atom stereocenters. The second-order valence-corrected chi connectivity index (χ2v) is 6.13. The molecule has 0 aliphatic carbocycles. The van der Waals surface area contributed by atoms with Crippen LogP contribution >= 0.6 is 0 Å². The van der Waals surface area contributed by atoms with Gasteiger partial charge in [0.15, 0.2) is 11.6 Å². The number of fused-ring (bicyclic) bond motifs is 1. The zero-order valence-electron chi connectivity index (χ0n) is 14.4. The fourth-order valence-electron chi connectivity index (χ4n) is 2.77. The van der Waals surface area contributed by atoms with Crippen LogP contribution in [0.2, 0.25) is 0 Å². The van der Waals surface area contributed by atoms with E-state index in [-0.39, 0.29) is 23.6 Å². The van der Waals surface area contributed by atoms with Gasteiger partial charge in [-0.3, -0.25) is 15.0 Å². The van der Waals surface area contributed by atoms with E-state index in [1.165, 1.54) is 18.2 Å². The average Bonchev–Trinajstić information content (AvgIpc) is 3.28. The molecule has 0 aliphatic heterocycles. The van der Waals surface area contributed by atoms with Gasteiger partial charge in [-0.25, -0.2) is 13.8 Å². The van der Waals surface area contributed by atoms with Crippen molar-refractivity contribution in [2.75, 3.05) is 0 Å². The minimum absolute atomic E-state index is 0.0882. The van der Waals surface area contributed by atoms with Gasteiger partial charge in [-0.05, 0) is 35.9 Å². The predicted octanol–water partition coefficient (Wildman–Crippen LogP) is 2.82. The van der Waals surface area contributed by atoms with E-state index in [1.54, 1.807) is 30.4 Å². The molecule has 4 aromatic rings. The molecule has 2 aromatic heterocycles. The number of nitrogens with one attached hydrogen (secondary N) is 2. The number of aromatic amines is 2. The molecule has 0 saturated carbocycles. The number of aromatic nitrogens is 5. The summed E-state index contributed by atoms with van der Waals surface area (Å²) in [7, 11) is 0. The number of benzene rings is 2. The van der Waals surface area contributed by atoms with Crippen LogP contribution < -0.4 is 5.73 Å². The molecule has 4 N–H and O–H groups in total. The third kappa shape index (κ3) is 3.50. The first-order chi connectivity index (χ1) is 13.5. The monoisotopic (exact) mass is 380 g/mol. The molecule has 9 heteroatoms. The topological polar surface area (TPSA) is 113 Å². The molecule has 0 bridgehead atoms. The zero-order chi connectivity index (χ0) is 19.7. The second kappa shape index (κ2) is 7.03. The number of halogens is 2. The van der Waals surface area contributed by atoms with Crippen LogP contribution in [0.15, 0.2) is 36.4 Å². The summed E-state index contributed by atoms with van der Waals surface area (Å²) in [6.45, 7) is 0. The van der Waals surface area contributed by atoms with E-state index >= 15 is 0 Å². The quantitative estimate of drug-likeness (QED) is 0.494. The fraction of sp³-hybridized carbons (Fsp3) is 0.0526. The normalized spacial score (nSPS) is 11.5. The van der Waals surface area contributed by atoms with Crippen molar-refractivity contribution in [3.05, 3.63) is 65.1 Å². The van der Waals surface area contributed by atoms with Crippen molar-refractivity contribution >= 4 is 29.0 Å². The molecule has 0 radical (unpaired) electrons. The Morgan fingerprint density at radius 1 is 1.07 bits per heavy atom. The summed E-state index contributed by atoms with van der Waals surface area (Å²) in [6, 6.07) is 8.94. The molecule has 0 saturated heterocycles. The van der Waals surface area contributed by atoms with E-state index in [1.807, 2.05) is 0 Å². The SMILES string of the molecule is NC(=O)Cc1nc(-c2cc(F)c3n[nH]c(C=Cc4ccc(F)cc4)c3c2)n[nH]1. The maximum Gasteiger partial charge on any atom is 0.225 e. The van der Waals surface area contributed by atoms with Gasteiger partial charge < -0.3 is 5.73 Å². The number of carbonyl (C=O) groups excluding carboxylic acids is 1. The standard InChI is InChI=1S/C19H14F2N6O/c20-12-4-1-10(2-5-12)3-6-15-13-7-11(8-14(21)18(13)26-24-15)19-23-17(25-27-19)9-16(22)28/h1-8H,9H2,(H2,22,28)(H,24,26)(H,23,25,27). The van der Waals surface area contributed by atoms with E-state index < -0.39 is 11.7 Å². The van der Waals surface area contributed by atoms with Gasteiger partial charge in [-0.2, -0.15) is 10.2 Å². The van der Waals surface area contributed by atoms with E-state index in [2.05, 4.69) is 25.4 Å². The van der Waals surface area contributed by atoms with Crippen molar-refractivity contribution in [2.24, 2.45) is 5.73 Å². The number of hydrogen-bond donors (Lipinski definition) is 3. The third-order valence-corrected chi connectivity index (χ3v) is 4.09. The molecule has 2 aromatic carbocycles. The highest BCUT2D eigenvalue weighted by molar-refractivity contribution is 5.92. The molecule has 0 fully saturated rings. The highest BCUT2D eigenvalue weighted by atomic mass is 19.1. The lowest BCUT2D eigenvalue weighted by atomic mass is 10.1. The lowest BCUT2D eigenvalue weighted by molar-refractivity contribution is -0.117. The Morgan fingerprint density at radius 2 is 1.86 bits per heavy atom. The summed E-state index contributed by atoms with van der Waals surface area (Å²) in [6.07, 6.45) is 3.39. The Balaban J connectivity index is 1.71. The van der Waals surface area contributed by atoms with Crippen molar-refractivity contribution in [1.82, 2.24) is 25.4 Å². The molecule has 4 rings (SSSR count). The van der Waals surface area contributed by atoms with Crippen molar-refractivity contribution < 1.29 is 13.6 Å². The first-order valence-electron chi connectivity index (χ1n) is 8.31. The highest BCUT2D eigenvalue weighted by Crippen LogP contribution is 2.27. The third-order valence-electron chi connectivity index (χ3n) is 4.09. The second-order valence-electron chi connectivity index (χ2n) is 6.13. The Labute approximate surface area is 157 Å². The molecule has 0 atom stereocenters. The molecule has 140 valence electrons. The van der Waals surface area contributed by atoms with Gasteiger partial charge in [-0.1, -0.05) is 18.2 Å². The molecule has 28 heavy (non-hydrogen) atoms. The van der Waals surface area contributed by atoms with E-state index in [0.29, 0.717) is 22.5 Å². The van der Waals surface area contributed by atoms with Crippen LogP contribution in [0.3, 0.4) is 0 Å². The Hall–Kier alpha value is -3.88. The summed E-state index contributed by atoms with van der Waals surface area (Å²) in [5.41, 5.74) is 7.10. The van der Waals surface area contributed by atoms with Crippen LogP contribution in [0.4, 0.5) is 8.78 Å². The number of amides is 1. The Bertz CT molecular complexity index is 1190. The Morgan fingerprint density at radius 3 is 2.61 bits per heavy atom. The smallest absolute Gasteiger partial charge is 0.225 e. The number of H-pyrrole nitrogens is 2. The molecule has 0 aliphatic rings. The van der Waals surface area contributed by atoms with Gasteiger partial charge in [0, 0.05) is 10.9 Å². The number of nitrogens with zero attached hydrogens (tertiary/aromatic N) is 3. The molecular weight excluding hydrogens is 366 g/mol. The van der Waals surface area contributed by atoms with Crippen LogP contribution in [-0.2, 0) is 11.2 Å². The summed E-state index contributed by atoms with van der Waals surface area (Å²) < 4.78 is 27.5. The van der Waals surface area contributed by atoms with Crippen LogP contribution in [0.25, 0.3) is 34.4 Å². The Kier molecular flexibility index (Phi) is 4.40. The number of rotatable bonds is 5. The predicted molar refractivity (Wildman–Crippen MR) is 99.7 cm³/mol. The highest BCUT2D eigenvalue weighted by Gasteiger charge is 2.14. The lowest BCUT2D eigenvalue weighted by Gasteiger charge is -1.99. The molecule has 7 nitrogen and oxygen atoms in total. The first-order valence-corrected chi connectivity index (χ1v) is 8.31. The minimum Gasteiger partial charge on any atom is -0.369 e. The van der Waals surface area contributed by atoms with Crippen molar-refractivity contribution in [3.63, 3.8) is 0 Å². The fourth-order valence-corrected chi connectivity index (χ4v) is 2.77. The van der Waals surface area contributed by atoms with Crippen LogP contribution in [0.5, 0.6) is 0 Å². The first kappa shape index (κ1) is 17.5. The van der Waals surface area contributed by atoms with E-state index in [4.69, 9.17) is 5.73 Å². The van der Waals surface area contributed by atoms with Gasteiger partial charge in [0.25, 0.3) is 0 Å². The van der Waals surface area contributed by atoms with E-state index in [0.717, 1.165) is 5.56 Å². The summed E-state index contributed by atoms with van der Waals surface area (Å²) >= 11 is 0. The van der Waals surface area contributed by atoms with Crippen LogP contribution in [0, 0.1) is 11.6 Å². The lowest BCUT2D eigenvalue weighted by Crippen LogP contribution is -2.14. The minimum atomic E-state index is -0.549. The molecule has 2 heterocycles. The van der Waals surface area contributed by atoms with E-state index in [9.17, 15) is 13.6 Å². The molecule has 1 amide bonds. The van der Waals surface area contributed by atoms with Crippen LogP contribution in [0.1, 0.15) is 17.1 Å². The number of nitrogens with two attached hydrogens (primary N) is 1. The largest absolute Gasteiger partial charge is 0.369 e. The summed E-state index contributed by atoms with van der Waals surface area (Å²) in [5.74, 6) is -0.866. The zero-order valence-corrected chi connectivity index (χ0v) is 14.4. The summed E-state index contributed by atoms with van der Waals surface area (Å²) in [4.78, 5) is 15.2. The van der Waals surface area contributed by atoms with Crippen LogP contribution in [-0.4, -0.2) is 31.3 Å². The number of hydrogen-bond acceptors (Lipinski definition) is 4. The maximum absolute atomic E-state index is 14.5.